The molecule has 1 unspecified atom stereocenters. The maximum atomic E-state index is 5.28. The lowest BCUT2D eigenvalue weighted by Gasteiger charge is -2.17. The van der Waals surface area contributed by atoms with Crippen LogP contribution in [0.25, 0.3) is 0 Å². The van der Waals surface area contributed by atoms with Crippen molar-refractivity contribution in [1.82, 2.24) is 5.32 Å². The standard InChI is InChI=1S/C13H19NO.ClH/c1-9-6-12(15-3)7-10(2)13(9)11-4-5-14-8-11;/h6-7,11,14H,4-5,8H2,1-3H3;1H. The predicted octanol–water partition coefficient (Wildman–Crippen LogP) is 2.81. The van der Waals surface area contributed by atoms with Crippen molar-refractivity contribution < 1.29 is 4.74 Å². The largest absolute Gasteiger partial charge is 0.497 e. The SMILES string of the molecule is COc1cc(C)c(C2CCNC2)c(C)c1.Cl. The third kappa shape index (κ3) is 2.50. The molecule has 1 heterocycles. The second-order valence-corrected chi connectivity index (χ2v) is 4.36. The lowest BCUT2D eigenvalue weighted by atomic mass is 9.90. The normalized spacial score (nSPS) is 19.3. The summed E-state index contributed by atoms with van der Waals surface area (Å²) in [6.45, 7) is 6.63. The number of aryl methyl sites for hydroxylation is 2. The molecule has 0 aromatic heterocycles. The maximum Gasteiger partial charge on any atom is 0.119 e. The third-order valence-corrected chi connectivity index (χ3v) is 3.27. The van der Waals surface area contributed by atoms with Gasteiger partial charge < -0.3 is 10.1 Å². The zero-order valence-electron chi connectivity index (χ0n) is 10.2. The minimum atomic E-state index is 0. The van der Waals surface area contributed by atoms with E-state index in [-0.39, 0.29) is 12.4 Å². The van der Waals surface area contributed by atoms with Crippen molar-refractivity contribution >= 4 is 12.4 Å². The van der Waals surface area contributed by atoms with E-state index < -0.39 is 0 Å². The van der Waals surface area contributed by atoms with Crippen molar-refractivity contribution in [2.75, 3.05) is 20.2 Å². The van der Waals surface area contributed by atoms with Gasteiger partial charge in [-0.15, -0.1) is 12.4 Å². The maximum absolute atomic E-state index is 5.28. The van der Waals surface area contributed by atoms with Gasteiger partial charge in [0, 0.05) is 6.54 Å². The Morgan fingerprint density at radius 3 is 2.31 bits per heavy atom. The summed E-state index contributed by atoms with van der Waals surface area (Å²) < 4.78 is 5.28. The molecular formula is C13H20ClNO. The minimum absolute atomic E-state index is 0. The molecule has 0 spiro atoms. The van der Waals surface area contributed by atoms with E-state index in [2.05, 4.69) is 31.3 Å². The van der Waals surface area contributed by atoms with Gasteiger partial charge in [0.2, 0.25) is 0 Å². The molecule has 2 rings (SSSR count). The van der Waals surface area contributed by atoms with Gasteiger partial charge in [-0.05, 0) is 61.6 Å². The smallest absolute Gasteiger partial charge is 0.119 e. The van der Waals surface area contributed by atoms with Gasteiger partial charge in [0.25, 0.3) is 0 Å². The summed E-state index contributed by atoms with van der Waals surface area (Å²) in [5.41, 5.74) is 4.24. The van der Waals surface area contributed by atoms with E-state index in [4.69, 9.17) is 4.74 Å². The van der Waals surface area contributed by atoms with Gasteiger partial charge >= 0.3 is 0 Å². The number of halogens is 1. The lowest BCUT2D eigenvalue weighted by Crippen LogP contribution is -2.10. The van der Waals surface area contributed by atoms with Gasteiger partial charge in [-0.25, -0.2) is 0 Å². The van der Waals surface area contributed by atoms with Crippen LogP contribution in [0.3, 0.4) is 0 Å². The quantitative estimate of drug-likeness (QED) is 0.860. The fraction of sp³-hybridized carbons (Fsp3) is 0.538. The molecule has 0 bridgehead atoms. The van der Waals surface area contributed by atoms with Crippen LogP contribution in [0.2, 0.25) is 0 Å². The van der Waals surface area contributed by atoms with Crippen LogP contribution in [0.5, 0.6) is 5.75 Å². The highest BCUT2D eigenvalue weighted by Crippen LogP contribution is 2.31. The van der Waals surface area contributed by atoms with Crippen molar-refractivity contribution in [1.29, 1.82) is 0 Å². The van der Waals surface area contributed by atoms with Gasteiger partial charge in [-0.3, -0.25) is 0 Å². The molecule has 1 N–H and O–H groups in total. The first kappa shape index (κ1) is 13.3. The molecule has 0 aliphatic carbocycles. The number of hydrogen-bond acceptors (Lipinski definition) is 2. The summed E-state index contributed by atoms with van der Waals surface area (Å²) in [5.74, 6) is 1.66. The molecule has 1 aromatic carbocycles. The van der Waals surface area contributed by atoms with Crippen LogP contribution in [-0.2, 0) is 0 Å². The lowest BCUT2D eigenvalue weighted by molar-refractivity contribution is 0.414. The van der Waals surface area contributed by atoms with Gasteiger partial charge in [0.15, 0.2) is 0 Å². The van der Waals surface area contributed by atoms with Crippen LogP contribution in [0.4, 0.5) is 0 Å². The highest BCUT2D eigenvalue weighted by molar-refractivity contribution is 5.85. The zero-order valence-corrected chi connectivity index (χ0v) is 11.0. The van der Waals surface area contributed by atoms with Crippen molar-refractivity contribution in [3.63, 3.8) is 0 Å². The molecule has 0 radical (unpaired) electrons. The van der Waals surface area contributed by atoms with Gasteiger partial charge in [0.1, 0.15) is 5.75 Å². The van der Waals surface area contributed by atoms with Crippen LogP contribution < -0.4 is 10.1 Å². The van der Waals surface area contributed by atoms with Gasteiger partial charge in [-0.1, -0.05) is 0 Å². The van der Waals surface area contributed by atoms with Crippen LogP contribution in [0.15, 0.2) is 12.1 Å². The van der Waals surface area contributed by atoms with E-state index in [1.54, 1.807) is 7.11 Å². The van der Waals surface area contributed by atoms with Crippen LogP contribution >= 0.6 is 12.4 Å². The Labute approximate surface area is 104 Å². The molecule has 90 valence electrons. The van der Waals surface area contributed by atoms with E-state index in [1.807, 2.05) is 0 Å². The summed E-state index contributed by atoms with van der Waals surface area (Å²) in [4.78, 5) is 0. The van der Waals surface area contributed by atoms with Crippen LogP contribution in [0.1, 0.15) is 29.0 Å². The van der Waals surface area contributed by atoms with Gasteiger partial charge in [-0.2, -0.15) is 0 Å². The van der Waals surface area contributed by atoms with Crippen molar-refractivity contribution in [2.24, 2.45) is 0 Å². The number of hydrogen-bond donors (Lipinski definition) is 1. The first-order valence-corrected chi connectivity index (χ1v) is 5.58. The Morgan fingerprint density at radius 2 is 1.88 bits per heavy atom. The number of rotatable bonds is 2. The Balaban J connectivity index is 0.00000128. The number of ether oxygens (including phenoxy) is 1. The van der Waals surface area contributed by atoms with E-state index in [9.17, 15) is 0 Å². The highest BCUT2D eigenvalue weighted by Gasteiger charge is 2.20. The summed E-state index contributed by atoms with van der Waals surface area (Å²) in [6, 6.07) is 4.28. The Morgan fingerprint density at radius 1 is 1.25 bits per heavy atom. The second-order valence-electron chi connectivity index (χ2n) is 4.36. The van der Waals surface area contributed by atoms with Crippen LogP contribution in [0, 0.1) is 13.8 Å². The molecule has 0 saturated carbocycles. The first-order valence-electron chi connectivity index (χ1n) is 5.58. The third-order valence-electron chi connectivity index (χ3n) is 3.27. The molecule has 1 aliphatic rings. The van der Waals surface area contributed by atoms with E-state index in [1.165, 1.54) is 23.1 Å². The molecule has 3 heteroatoms. The summed E-state index contributed by atoms with van der Waals surface area (Å²) in [5, 5.41) is 3.42. The highest BCUT2D eigenvalue weighted by atomic mass is 35.5. The van der Waals surface area contributed by atoms with E-state index in [0.29, 0.717) is 5.92 Å². The Bertz CT molecular complexity index is 336. The summed E-state index contributed by atoms with van der Waals surface area (Å²) in [7, 11) is 1.73. The van der Waals surface area contributed by atoms with Crippen molar-refractivity contribution in [3.8, 4) is 5.75 Å². The average molecular weight is 242 g/mol. The second kappa shape index (κ2) is 5.55. The van der Waals surface area contributed by atoms with Crippen molar-refractivity contribution in [2.45, 2.75) is 26.2 Å². The molecular weight excluding hydrogens is 222 g/mol. The summed E-state index contributed by atoms with van der Waals surface area (Å²) in [6.07, 6.45) is 1.26. The first-order chi connectivity index (χ1) is 7.22. The summed E-state index contributed by atoms with van der Waals surface area (Å²) >= 11 is 0. The monoisotopic (exact) mass is 241 g/mol. The van der Waals surface area contributed by atoms with Crippen LogP contribution in [-0.4, -0.2) is 20.2 Å². The average Bonchev–Trinajstić information content (AvgIpc) is 2.69. The molecule has 16 heavy (non-hydrogen) atoms. The molecule has 1 fully saturated rings. The number of methoxy groups -OCH3 is 1. The predicted molar refractivity (Wildman–Crippen MR) is 69.9 cm³/mol. The van der Waals surface area contributed by atoms with E-state index in [0.717, 1.165) is 18.8 Å². The number of nitrogens with one attached hydrogen (secondary N) is 1. The fourth-order valence-electron chi connectivity index (χ4n) is 2.60. The zero-order chi connectivity index (χ0) is 10.8. The molecule has 1 atom stereocenters. The number of benzene rings is 1. The molecule has 1 aromatic rings. The molecule has 1 saturated heterocycles. The molecule has 1 aliphatic heterocycles. The van der Waals surface area contributed by atoms with Gasteiger partial charge in [0.05, 0.1) is 7.11 Å². The topological polar surface area (TPSA) is 21.3 Å². The molecule has 0 amide bonds. The Kier molecular flexibility index (Phi) is 4.63. The van der Waals surface area contributed by atoms with E-state index >= 15 is 0 Å². The van der Waals surface area contributed by atoms with Crippen molar-refractivity contribution in [3.05, 3.63) is 28.8 Å². The fourth-order valence-corrected chi connectivity index (χ4v) is 2.60. The minimum Gasteiger partial charge on any atom is -0.497 e. The Hall–Kier alpha value is -0.730. The molecule has 2 nitrogen and oxygen atoms in total.